The molecule has 1 aromatic carbocycles. The maximum atomic E-state index is 12.2. The molecular weight excluding hydrogens is 317 g/mol. The first-order chi connectivity index (χ1) is 11.1. The SMILES string of the molecule is CN=C(NCCC(F)(F)F)NCC(C)(C)NC(C)c1ccccc1. The Kier molecular flexibility index (Phi) is 7.54. The van der Waals surface area contributed by atoms with Gasteiger partial charge in [0.05, 0.1) is 6.42 Å². The third kappa shape index (κ3) is 8.19. The average molecular weight is 344 g/mol. The minimum atomic E-state index is -4.17. The van der Waals surface area contributed by atoms with Crippen molar-refractivity contribution >= 4 is 5.96 Å². The molecule has 24 heavy (non-hydrogen) atoms. The second-order valence-electron chi connectivity index (χ2n) is 6.38. The van der Waals surface area contributed by atoms with Crippen LogP contribution in [0.1, 0.15) is 38.8 Å². The van der Waals surface area contributed by atoms with E-state index >= 15 is 0 Å². The van der Waals surface area contributed by atoms with Gasteiger partial charge >= 0.3 is 6.18 Å². The molecule has 4 nitrogen and oxygen atoms in total. The molecule has 0 heterocycles. The summed E-state index contributed by atoms with van der Waals surface area (Å²) in [6.45, 7) is 6.46. The summed E-state index contributed by atoms with van der Waals surface area (Å²) >= 11 is 0. The molecule has 0 amide bonds. The van der Waals surface area contributed by atoms with Gasteiger partial charge in [-0.3, -0.25) is 4.99 Å². The molecule has 0 aromatic heterocycles. The molecule has 0 radical (unpaired) electrons. The molecule has 0 fully saturated rings. The molecule has 136 valence electrons. The highest BCUT2D eigenvalue weighted by atomic mass is 19.4. The number of nitrogens with zero attached hydrogens (tertiary/aromatic N) is 1. The smallest absolute Gasteiger partial charge is 0.356 e. The van der Waals surface area contributed by atoms with Crippen molar-refractivity contribution in [1.29, 1.82) is 0 Å². The van der Waals surface area contributed by atoms with E-state index in [1.165, 1.54) is 12.6 Å². The summed E-state index contributed by atoms with van der Waals surface area (Å²) in [5.41, 5.74) is 0.912. The zero-order valence-corrected chi connectivity index (χ0v) is 14.7. The van der Waals surface area contributed by atoms with Crippen LogP contribution < -0.4 is 16.0 Å². The Morgan fingerprint density at radius 1 is 1.12 bits per heavy atom. The van der Waals surface area contributed by atoms with Crippen molar-refractivity contribution in [2.45, 2.75) is 44.9 Å². The minimum absolute atomic E-state index is 0.156. The fourth-order valence-electron chi connectivity index (χ4n) is 2.31. The van der Waals surface area contributed by atoms with Gasteiger partial charge in [-0.2, -0.15) is 13.2 Å². The molecule has 1 aromatic rings. The van der Waals surface area contributed by atoms with E-state index in [1.54, 1.807) is 0 Å². The maximum absolute atomic E-state index is 12.2. The molecule has 0 aliphatic carbocycles. The third-order valence-corrected chi connectivity index (χ3v) is 3.53. The Morgan fingerprint density at radius 3 is 2.29 bits per heavy atom. The van der Waals surface area contributed by atoms with E-state index in [0.717, 1.165) is 0 Å². The summed E-state index contributed by atoms with van der Waals surface area (Å²) in [4.78, 5) is 3.95. The lowest BCUT2D eigenvalue weighted by molar-refractivity contribution is -0.132. The van der Waals surface area contributed by atoms with Gasteiger partial charge in [-0.1, -0.05) is 30.3 Å². The monoisotopic (exact) mass is 344 g/mol. The molecule has 0 aliphatic rings. The Balaban J connectivity index is 2.45. The number of rotatable bonds is 7. The molecule has 0 aliphatic heterocycles. The average Bonchev–Trinajstić information content (AvgIpc) is 2.50. The standard InChI is InChI=1S/C17H27F3N4/c1-13(14-8-6-5-7-9-14)24-16(2,3)12-23-15(21-4)22-11-10-17(18,19)20/h5-9,13,24H,10-12H2,1-4H3,(H2,21,22,23). The van der Waals surface area contributed by atoms with Gasteiger partial charge in [0.15, 0.2) is 5.96 Å². The number of alkyl halides is 3. The van der Waals surface area contributed by atoms with E-state index in [2.05, 4.69) is 40.0 Å². The van der Waals surface area contributed by atoms with Crippen LogP contribution in [0.2, 0.25) is 0 Å². The highest BCUT2D eigenvalue weighted by molar-refractivity contribution is 5.79. The maximum Gasteiger partial charge on any atom is 0.390 e. The molecule has 0 spiro atoms. The van der Waals surface area contributed by atoms with Crippen molar-refractivity contribution in [2.75, 3.05) is 20.1 Å². The van der Waals surface area contributed by atoms with E-state index in [4.69, 9.17) is 0 Å². The molecule has 0 saturated heterocycles. The number of hydrogen-bond acceptors (Lipinski definition) is 2. The molecule has 0 bridgehead atoms. The Morgan fingerprint density at radius 2 is 1.75 bits per heavy atom. The summed E-state index contributed by atoms with van der Waals surface area (Å²) in [7, 11) is 1.54. The largest absolute Gasteiger partial charge is 0.390 e. The molecular formula is C17H27F3N4. The molecule has 0 saturated carbocycles. The lowest BCUT2D eigenvalue weighted by Gasteiger charge is -2.31. The van der Waals surface area contributed by atoms with Crippen LogP contribution in [0.25, 0.3) is 0 Å². The van der Waals surface area contributed by atoms with Crippen molar-refractivity contribution in [1.82, 2.24) is 16.0 Å². The second-order valence-corrected chi connectivity index (χ2v) is 6.38. The van der Waals surface area contributed by atoms with Crippen molar-refractivity contribution in [3.63, 3.8) is 0 Å². The first-order valence-corrected chi connectivity index (χ1v) is 7.97. The van der Waals surface area contributed by atoms with Gasteiger partial charge in [0.25, 0.3) is 0 Å². The van der Waals surface area contributed by atoms with Crippen molar-refractivity contribution in [3.05, 3.63) is 35.9 Å². The van der Waals surface area contributed by atoms with Gasteiger partial charge in [-0.25, -0.2) is 0 Å². The molecule has 1 atom stereocenters. The second kappa shape index (κ2) is 8.92. The number of benzene rings is 1. The normalized spacial score (nSPS) is 14.4. The first kappa shape index (κ1) is 20.3. The number of hydrogen-bond donors (Lipinski definition) is 3. The molecule has 3 N–H and O–H groups in total. The van der Waals surface area contributed by atoms with Crippen LogP contribution >= 0.6 is 0 Å². The van der Waals surface area contributed by atoms with Crippen molar-refractivity contribution in [2.24, 2.45) is 4.99 Å². The van der Waals surface area contributed by atoms with Gasteiger partial charge < -0.3 is 16.0 Å². The van der Waals surface area contributed by atoms with Gasteiger partial charge in [0.1, 0.15) is 0 Å². The van der Waals surface area contributed by atoms with E-state index in [9.17, 15) is 13.2 Å². The van der Waals surface area contributed by atoms with Crippen molar-refractivity contribution < 1.29 is 13.2 Å². The van der Waals surface area contributed by atoms with Crippen LogP contribution in [0, 0.1) is 0 Å². The van der Waals surface area contributed by atoms with Gasteiger partial charge in [0.2, 0.25) is 0 Å². The predicted molar refractivity (Wildman–Crippen MR) is 92.1 cm³/mol. The fourth-order valence-corrected chi connectivity index (χ4v) is 2.31. The van der Waals surface area contributed by atoms with E-state index in [1.807, 2.05) is 32.0 Å². The van der Waals surface area contributed by atoms with Gasteiger partial charge in [-0.15, -0.1) is 0 Å². The highest BCUT2D eigenvalue weighted by Gasteiger charge is 2.26. The highest BCUT2D eigenvalue weighted by Crippen LogP contribution is 2.18. The quantitative estimate of drug-likeness (QED) is 0.526. The molecule has 7 heteroatoms. The summed E-state index contributed by atoms with van der Waals surface area (Å²) in [6, 6.07) is 10.2. The van der Waals surface area contributed by atoms with Crippen LogP contribution in [0.4, 0.5) is 13.2 Å². The fraction of sp³-hybridized carbons (Fsp3) is 0.588. The van der Waals surface area contributed by atoms with E-state index < -0.39 is 12.6 Å². The summed E-state index contributed by atoms with van der Waals surface area (Å²) < 4.78 is 36.5. The minimum Gasteiger partial charge on any atom is -0.356 e. The number of guanidine groups is 1. The lowest BCUT2D eigenvalue weighted by atomic mass is 10.0. The van der Waals surface area contributed by atoms with Crippen LogP contribution in [0.3, 0.4) is 0 Å². The number of halogens is 3. The van der Waals surface area contributed by atoms with Crippen LogP contribution in [0.5, 0.6) is 0 Å². The third-order valence-electron chi connectivity index (χ3n) is 3.53. The van der Waals surface area contributed by atoms with Gasteiger partial charge in [0, 0.05) is 31.7 Å². The Bertz CT molecular complexity index is 512. The topological polar surface area (TPSA) is 48.5 Å². The Hall–Kier alpha value is -1.76. The summed E-state index contributed by atoms with van der Waals surface area (Å²) in [6.07, 6.45) is -5.06. The van der Waals surface area contributed by atoms with Crippen LogP contribution in [-0.4, -0.2) is 37.8 Å². The molecule has 1 unspecified atom stereocenters. The summed E-state index contributed by atoms with van der Waals surface area (Å²) in [5.74, 6) is 0.362. The Labute approximate surface area is 141 Å². The zero-order chi connectivity index (χ0) is 18.2. The zero-order valence-electron chi connectivity index (χ0n) is 14.7. The predicted octanol–water partition coefficient (Wildman–Crippen LogP) is 3.23. The lowest BCUT2D eigenvalue weighted by Crippen LogP contribution is -2.52. The summed E-state index contributed by atoms with van der Waals surface area (Å²) in [5, 5.41) is 9.24. The number of nitrogens with one attached hydrogen (secondary N) is 3. The van der Waals surface area contributed by atoms with Gasteiger partial charge in [-0.05, 0) is 26.3 Å². The van der Waals surface area contributed by atoms with Crippen LogP contribution in [-0.2, 0) is 0 Å². The van der Waals surface area contributed by atoms with E-state index in [0.29, 0.717) is 12.5 Å². The van der Waals surface area contributed by atoms with Crippen molar-refractivity contribution in [3.8, 4) is 0 Å². The molecule has 1 rings (SSSR count). The van der Waals surface area contributed by atoms with Crippen LogP contribution in [0.15, 0.2) is 35.3 Å². The van der Waals surface area contributed by atoms with E-state index in [-0.39, 0.29) is 18.1 Å². The number of aliphatic imine (C=N–C) groups is 1. The first-order valence-electron chi connectivity index (χ1n) is 7.97.